The topological polar surface area (TPSA) is 105 Å². The third-order valence-corrected chi connectivity index (χ3v) is 4.42. The minimum absolute atomic E-state index is 0.200. The van der Waals surface area contributed by atoms with Crippen LogP contribution in [0.15, 0.2) is 42.9 Å². The molecule has 1 aromatic carbocycles. The minimum atomic E-state index is -0.591. The Kier molecular flexibility index (Phi) is 5.34. The largest absolute Gasteiger partial charge is 0.384 e. The summed E-state index contributed by atoms with van der Waals surface area (Å²) in [7, 11) is 1.25. The van der Waals surface area contributed by atoms with Gasteiger partial charge in [0, 0.05) is 29.9 Å². The molecule has 138 valence electrons. The molecular weight excluding hydrogens is 366 g/mol. The minimum Gasteiger partial charge on any atom is -0.384 e. The number of nitrogens with zero attached hydrogens (tertiary/aromatic N) is 4. The van der Waals surface area contributed by atoms with E-state index in [1.54, 1.807) is 30.5 Å². The summed E-state index contributed by atoms with van der Waals surface area (Å²) >= 11 is 6.28. The number of anilines is 1. The lowest BCUT2D eigenvalue weighted by molar-refractivity contribution is -0.0374. The number of aromatic nitrogens is 3. The Morgan fingerprint density at radius 3 is 2.52 bits per heavy atom. The zero-order valence-electron chi connectivity index (χ0n) is 14.8. The van der Waals surface area contributed by atoms with E-state index in [1.807, 2.05) is 13.0 Å². The zero-order chi connectivity index (χ0) is 19.6. The van der Waals surface area contributed by atoms with Crippen molar-refractivity contribution in [3.63, 3.8) is 0 Å². The number of nitrogen functional groups attached to an aromatic ring is 1. The number of rotatable bonds is 4. The monoisotopic (exact) mass is 383 g/mol. The van der Waals surface area contributed by atoms with Gasteiger partial charge < -0.3 is 5.73 Å². The highest BCUT2D eigenvalue weighted by Gasteiger charge is 2.18. The summed E-state index contributed by atoms with van der Waals surface area (Å²) in [5.41, 5.74) is 9.82. The average molecular weight is 384 g/mol. The number of hydrogen-bond acceptors (Lipinski definition) is 6. The maximum absolute atomic E-state index is 12.0. The van der Waals surface area contributed by atoms with E-state index in [0.29, 0.717) is 23.0 Å². The molecule has 27 heavy (non-hydrogen) atoms. The van der Waals surface area contributed by atoms with Crippen LogP contribution in [0.1, 0.15) is 23.0 Å². The summed E-state index contributed by atoms with van der Waals surface area (Å²) in [5.74, 6) is -0.166. The van der Waals surface area contributed by atoms with Gasteiger partial charge in [0.2, 0.25) is 0 Å². The molecule has 3 N–H and O–H groups in total. The molecule has 0 fully saturated rings. The van der Waals surface area contributed by atoms with Crippen LogP contribution >= 0.6 is 11.6 Å². The number of amides is 1. The van der Waals surface area contributed by atoms with Crippen molar-refractivity contribution in [3.05, 3.63) is 59.1 Å². The van der Waals surface area contributed by atoms with Crippen molar-refractivity contribution in [1.82, 2.24) is 20.0 Å². The second kappa shape index (κ2) is 7.69. The molecule has 2 aromatic heterocycles. The fourth-order valence-corrected chi connectivity index (χ4v) is 3.04. The maximum Gasteiger partial charge on any atom is 0.278 e. The standard InChI is InChI=1S/C19H18ClN5O2/c1-3-15-17(12-5-7-16(21)22-9-12)18(24-10-23-15)11-4-6-13(14(20)8-11)19(26)25(2)27/h4-10,27H,3H2,1-2H3,(H2,21,22). The summed E-state index contributed by atoms with van der Waals surface area (Å²) in [4.78, 5) is 24.9. The van der Waals surface area contributed by atoms with Gasteiger partial charge >= 0.3 is 0 Å². The van der Waals surface area contributed by atoms with Crippen LogP contribution in [0, 0.1) is 0 Å². The number of carbonyl (C=O) groups excluding carboxylic acids is 1. The van der Waals surface area contributed by atoms with Gasteiger partial charge in [-0.1, -0.05) is 24.6 Å². The highest BCUT2D eigenvalue weighted by atomic mass is 35.5. The average Bonchev–Trinajstić information content (AvgIpc) is 2.67. The summed E-state index contributed by atoms with van der Waals surface area (Å²) < 4.78 is 0. The van der Waals surface area contributed by atoms with E-state index in [0.717, 1.165) is 22.4 Å². The number of nitrogens with two attached hydrogens (primary N) is 1. The Bertz CT molecular complexity index is 990. The molecule has 1 amide bonds. The van der Waals surface area contributed by atoms with Gasteiger partial charge in [0.15, 0.2) is 0 Å². The molecule has 3 aromatic rings. The Morgan fingerprint density at radius 2 is 1.93 bits per heavy atom. The van der Waals surface area contributed by atoms with E-state index in [9.17, 15) is 10.0 Å². The van der Waals surface area contributed by atoms with E-state index in [-0.39, 0.29) is 10.6 Å². The van der Waals surface area contributed by atoms with Gasteiger partial charge in [0.05, 0.1) is 22.0 Å². The lowest BCUT2D eigenvalue weighted by atomic mass is 9.97. The van der Waals surface area contributed by atoms with Crippen molar-refractivity contribution >= 4 is 23.3 Å². The fourth-order valence-electron chi connectivity index (χ4n) is 2.78. The first-order valence-corrected chi connectivity index (χ1v) is 8.62. The van der Waals surface area contributed by atoms with Gasteiger partial charge in [-0.3, -0.25) is 10.0 Å². The molecule has 7 nitrogen and oxygen atoms in total. The van der Waals surface area contributed by atoms with Gasteiger partial charge in [0.1, 0.15) is 12.1 Å². The van der Waals surface area contributed by atoms with Gasteiger partial charge in [-0.2, -0.15) is 0 Å². The van der Waals surface area contributed by atoms with E-state index >= 15 is 0 Å². The molecule has 0 radical (unpaired) electrons. The van der Waals surface area contributed by atoms with Crippen LogP contribution in [0.4, 0.5) is 5.82 Å². The van der Waals surface area contributed by atoms with Crippen molar-refractivity contribution in [2.45, 2.75) is 13.3 Å². The van der Waals surface area contributed by atoms with Crippen molar-refractivity contribution in [1.29, 1.82) is 0 Å². The first-order chi connectivity index (χ1) is 12.9. The van der Waals surface area contributed by atoms with Gasteiger partial charge in [0.25, 0.3) is 5.91 Å². The molecule has 0 saturated carbocycles. The third-order valence-electron chi connectivity index (χ3n) is 4.10. The SMILES string of the molecule is CCc1ncnc(-c2ccc(C(=O)N(C)O)c(Cl)c2)c1-c1ccc(N)nc1. The quantitative estimate of drug-likeness (QED) is 0.528. The van der Waals surface area contributed by atoms with Crippen LogP contribution in [0.25, 0.3) is 22.4 Å². The summed E-state index contributed by atoms with van der Waals surface area (Å²) in [6.45, 7) is 2.01. The Labute approximate surface area is 161 Å². The normalized spacial score (nSPS) is 10.7. The smallest absolute Gasteiger partial charge is 0.278 e. The van der Waals surface area contributed by atoms with Crippen LogP contribution in [0.5, 0.6) is 0 Å². The van der Waals surface area contributed by atoms with Crippen molar-refractivity contribution in [2.24, 2.45) is 0 Å². The molecule has 0 aliphatic heterocycles. The number of hydrogen-bond donors (Lipinski definition) is 2. The Morgan fingerprint density at radius 1 is 1.19 bits per heavy atom. The molecule has 8 heteroatoms. The van der Waals surface area contributed by atoms with Gasteiger partial charge in [-0.25, -0.2) is 20.0 Å². The van der Waals surface area contributed by atoms with E-state index in [4.69, 9.17) is 17.3 Å². The number of pyridine rings is 1. The van der Waals surface area contributed by atoms with Crippen molar-refractivity contribution in [2.75, 3.05) is 12.8 Å². The summed E-state index contributed by atoms with van der Waals surface area (Å²) in [5, 5.41) is 10.1. The number of aryl methyl sites for hydroxylation is 1. The lowest BCUT2D eigenvalue weighted by Gasteiger charge is -2.14. The molecule has 0 atom stereocenters. The highest BCUT2D eigenvalue weighted by molar-refractivity contribution is 6.34. The predicted molar refractivity (Wildman–Crippen MR) is 103 cm³/mol. The second-order valence-corrected chi connectivity index (χ2v) is 6.30. The first kappa shape index (κ1) is 18.8. The van der Waals surface area contributed by atoms with Crippen LogP contribution in [0.2, 0.25) is 5.02 Å². The Balaban J connectivity index is 2.16. The van der Waals surface area contributed by atoms with Crippen LogP contribution in [-0.2, 0) is 6.42 Å². The van der Waals surface area contributed by atoms with Crippen molar-refractivity contribution in [3.8, 4) is 22.4 Å². The zero-order valence-corrected chi connectivity index (χ0v) is 15.6. The summed E-state index contributed by atoms with van der Waals surface area (Å²) in [6, 6.07) is 8.53. The first-order valence-electron chi connectivity index (χ1n) is 8.25. The molecule has 0 spiro atoms. The lowest BCUT2D eigenvalue weighted by Crippen LogP contribution is -2.22. The Hall–Kier alpha value is -3.03. The molecule has 0 saturated heterocycles. The van der Waals surface area contributed by atoms with Gasteiger partial charge in [-0.15, -0.1) is 0 Å². The van der Waals surface area contributed by atoms with Gasteiger partial charge in [-0.05, 0) is 30.7 Å². The summed E-state index contributed by atoms with van der Waals surface area (Å²) in [6.07, 6.45) is 3.88. The molecule has 0 bridgehead atoms. The molecular formula is C19H18ClN5O2. The third kappa shape index (κ3) is 3.74. The number of hydroxylamine groups is 2. The van der Waals surface area contributed by atoms with E-state index < -0.39 is 5.91 Å². The van der Waals surface area contributed by atoms with E-state index in [1.165, 1.54) is 13.4 Å². The predicted octanol–water partition coefficient (Wildman–Crippen LogP) is 3.46. The van der Waals surface area contributed by atoms with Crippen LogP contribution < -0.4 is 5.73 Å². The van der Waals surface area contributed by atoms with Crippen LogP contribution in [-0.4, -0.2) is 38.2 Å². The van der Waals surface area contributed by atoms with Crippen LogP contribution in [0.3, 0.4) is 0 Å². The molecule has 3 rings (SSSR count). The molecule has 0 aliphatic carbocycles. The number of halogens is 1. The maximum atomic E-state index is 12.0. The molecule has 0 aliphatic rings. The van der Waals surface area contributed by atoms with Crippen molar-refractivity contribution < 1.29 is 10.0 Å². The number of benzene rings is 1. The molecule has 0 unspecified atom stereocenters. The van der Waals surface area contributed by atoms with E-state index in [2.05, 4.69) is 15.0 Å². The fraction of sp³-hybridized carbons (Fsp3) is 0.158. The second-order valence-electron chi connectivity index (χ2n) is 5.89. The highest BCUT2D eigenvalue weighted by Crippen LogP contribution is 2.34. The molecule has 2 heterocycles. The number of carbonyl (C=O) groups is 1.